The fourth-order valence-electron chi connectivity index (χ4n) is 1.97. The number of hydrogen-bond acceptors (Lipinski definition) is 2. The fraction of sp³-hybridized carbons (Fsp3) is 0.118. The number of halogens is 2. The van der Waals surface area contributed by atoms with Gasteiger partial charge in [0.15, 0.2) is 11.6 Å². The van der Waals surface area contributed by atoms with E-state index in [2.05, 4.69) is 11.6 Å². The normalized spacial score (nSPS) is 12.5. The third-order valence-corrected chi connectivity index (χ3v) is 3.15. The van der Waals surface area contributed by atoms with Crippen LogP contribution in [0.2, 0.25) is 0 Å². The predicted octanol–water partition coefficient (Wildman–Crippen LogP) is 4.00. The highest BCUT2D eigenvalue weighted by molar-refractivity contribution is 5.60. The minimum Gasteiger partial charge on any atom is -0.383 e. The summed E-state index contributed by atoms with van der Waals surface area (Å²) in [5, 5.41) is 0. The molecule has 0 aliphatic carbocycles. The van der Waals surface area contributed by atoms with E-state index in [1.807, 2.05) is 18.2 Å². The van der Waals surface area contributed by atoms with E-state index >= 15 is 0 Å². The average molecular weight is 286 g/mol. The third kappa shape index (κ3) is 3.99. The molecule has 1 aromatic carbocycles. The average Bonchev–Trinajstić information content (AvgIpc) is 2.48. The first-order chi connectivity index (χ1) is 10.1. The maximum Gasteiger partial charge on any atom is 0.159 e. The molecule has 2 N–H and O–H groups in total. The summed E-state index contributed by atoms with van der Waals surface area (Å²) in [6.07, 6.45) is 7.69. The molecule has 0 saturated heterocycles. The molecule has 21 heavy (non-hydrogen) atoms. The van der Waals surface area contributed by atoms with Crippen LogP contribution in [0.4, 0.5) is 14.6 Å². The van der Waals surface area contributed by atoms with Gasteiger partial charge in [-0.2, -0.15) is 0 Å². The Labute approximate surface area is 122 Å². The number of aromatic nitrogens is 1. The van der Waals surface area contributed by atoms with Crippen molar-refractivity contribution < 1.29 is 8.78 Å². The first-order valence-corrected chi connectivity index (χ1v) is 6.55. The Hall–Kier alpha value is -2.49. The fourth-order valence-corrected chi connectivity index (χ4v) is 1.97. The number of nitrogen functional groups attached to an aromatic ring is 1. The Morgan fingerprint density at radius 1 is 1.24 bits per heavy atom. The molecule has 0 bridgehead atoms. The summed E-state index contributed by atoms with van der Waals surface area (Å²) in [6, 6.07) is 7.57. The maximum atomic E-state index is 13.2. The Morgan fingerprint density at radius 2 is 2.05 bits per heavy atom. The molecule has 1 unspecified atom stereocenters. The predicted molar refractivity (Wildman–Crippen MR) is 81.4 cm³/mol. The zero-order chi connectivity index (χ0) is 15.2. The molecule has 1 atom stereocenters. The van der Waals surface area contributed by atoms with Crippen LogP contribution in [0, 0.1) is 17.6 Å². The number of benzene rings is 1. The molecule has 0 spiro atoms. The molecule has 2 aromatic rings. The first-order valence-electron chi connectivity index (χ1n) is 6.55. The molecule has 1 heterocycles. The van der Waals surface area contributed by atoms with Gasteiger partial charge in [0.1, 0.15) is 5.82 Å². The van der Waals surface area contributed by atoms with E-state index in [9.17, 15) is 8.78 Å². The standard InChI is InChI=1S/C17H16F2N2/c1-2-12(5-7-14-4-3-9-21-17(14)20)10-13-6-8-15(18)16(19)11-13/h2-9,11-12H,1,10H2,(H2,20,21)/b7-5+. The maximum absolute atomic E-state index is 13.2. The van der Waals surface area contributed by atoms with Gasteiger partial charge in [-0.05, 0) is 42.2 Å². The van der Waals surface area contributed by atoms with Crippen molar-refractivity contribution in [1.29, 1.82) is 0 Å². The lowest BCUT2D eigenvalue weighted by molar-refractivity contribution is 0.506. The van der Waals surface area contributed by atoms with Crippen molar-refractivity contribution in [3.05, 3.63) is 78.0 Å². The van der Waals surface area contributed by atoms with Crippen molar-refractivity contribution in [2.24, 2.45) is 5.92 Å². The molecule has 0 radical (unpaired) electrons. The SMILES string of the molecule is C=CC(/C=C/c1cccnc1N)Cc1ccc(F)c(F)c1. The summed E-state index contributed by atoms with van der Waals surface area (Å²) in [6.45, 7) is 3.77. The topological polar surface area (TPSA) is 38.9 Å². The van der Waals surface area contributed by atoms with E-state index < -0.39 is 11.6 Å². The number of allylic oxidation sites excluding steroid dienone is 2. The van der Waals surface area contributed by atoms with E-state index in [1.165, 1.54) is 6.07 Å². The van der Waals surface area contributed by atoms with Gasteiger partial charge in [-0.25, -0.2) is 13.8 Å². The summed E-state index contributed by atoms with van der Waals surface area (Å²) >= 11 is 0. The van der Waals surface area contributed by atoms with Crippen LogP contribution in [-0.4, -0.2) is 4.98 Å². The van der Waals surface area contributed by atoms with Crippen LogP contribution in [0.15, 0.2) is 55.3 Å². The second-order valence-corrected chi connectivity index (χ2v) is 4.69. The molecular weight excluding hydrogens is 270 g/mol. The number of nitrogens with two attached hydrogens (primary N) is 1. The second-order valence-electron chi connectivity index (χ2n) is 4.69. The lowest BCUT2D eigenvalue weighted by Gasteiger charge is -2.08. The summed E-state index contributed by atoms with van der Waals surface area (Å²) in [7, 11) is 0. The van der Waals surface area contributed by atoms with Gasteiger partial charge >= 0.3 is 0 Å². The summed E-state index contributed by atoms with van der Waals surface area (Å²) in [5.41, 5.74) is 7.28. The molecule has 0 saturated carbocycles. The number of pyridine rings is 1. The molecular formula is C17H16F2N2. The second kappa shape index (κ2) is 6.79. The van der Waals surface area contributed by atoms with Gasteiger partial charge in [0.2, 0.25) is 0 Å². The molecule has 0 aliphatic heterocycles. The van der Waals surface area contributed by atoms with E-state index in [0.29, 0.717) is 17.8 Å². The Kier molecular flexibility index (Phi) is 4.82. The van der Waals surface area contributed by atoms with Crippen molar-refractivity contribution in [1.82, 2.24) is 4.98 Å². The zero-order valence-corrected chi connectivity index (χ0v) is 11.5. The number of nitrogens with zero attached hydrogens (tertiary/aromatic N) is 1. The van der Waals surface area contributed by atoms with Crippen molar-refractivity contribution >= 4 is 11.9 Å². The quantitative estimate of drug-likeness (QED) is 0.844. The van der Waals surface area contributed by atoms with Crippen LogP contribution >= 0.6 is 0 Å². The van der Waals surface area contributed by atoms with Crippen LogP contribution in [0.1, 0.15) is 11.1 Å². The Balaban J connectivity index is 2.11. The van der Waals surface area contributed by atoms with Gasteiger partial charge in [0.05, 0.1) is 0 Å². The van der Waals surface area contributed by atoms with Crippen LogP contribution < -0.4 is 5.73 Å². The van der Waals surface area contributed by atoms with Gasteiger partial charge < -0.3 is 5.73 Å². The molecule has 4 heteroatoms. The van der Waals surface area contributed by atoms with Gasteiger partial charge in [0.25, 0.3) is 0 Å². The van der Waals surface area contributed by atoms with E-state index in [0.717, 1.165) is 11.6 Å². The van der Waals surface area contributed by atoms with Crippen LogP contribution in [0.3, 0.4) is 0 Å². The zero-order valence-electron chi connectivity index (χ0n) is 11.5. The van der Waals surface area contributed by atoms with Crippen molar-refractivity contribution in [2.75, 3.05) is 5.73 Å². The molecule has 0 fully saturated rings. The van der Waals surface area contributed by atoms with Gasteiger partial charge in [-0.3, -0.25) is 0 Å². The molecule has 2 nitrogen and oxygen atoms in total. The smallest absolute Gasteiger partial charge is 0.159 e. The molecule has 0 aliphatic rings. The number of anilines is 1. The summed E-state index contributed by atoms with van der Waals surface area (Å²) in [4.78, 5) is 4.00. The lowest BCUT2D eigenvalue weighted by atomic mass is 9.98. The molecule has 2 rings (SSSR count). The van der Waals surface area contributed by atoms with Crippen LogP contribution in [0.5, 0.6) is 0 Å². The summed E-state index contributed by atoms with van der Waals surface area (Å²) < 4.78 is 26.1. The van der Waals surface area contributed by atoms with Gasteiger partial charge in [-0.1, -0.05) is 24.3 Å². The Bertz CT molecular complexity index is 666. The van der Waals surface area contributed by atoms with Gasteiger partial charge in [-0.15, -0.1) is 6.58 Å². The van der Waals surface area contributed by atoms with E-state index in [1.54, 1.807) is 24.4 Å². The van der Waals surface area contributed by atoms with Gasteiger partial charge in [0, 0.05) is 11.8 Å². The van der Waals surface area contributed by atoms with Crippen LogP contribution in [0.25, 0.3) is 6.08 Å². The highest BCUT2D eigenvalue weighted by atomic mass is 19.2. The highest BCUT2D eigenvalue weighted by Gasteiger charge is 2.06. The molecule has 1 aromatic heterocycles. The minimum absolute atomic E-state index is 0.00512. The molecule has 108 valence electrons. The third-order valence-electron chi connectivity index (χ3n) is 3.15. The largest absolute Gasteiger partial charge is 0.383 e. The highest BCUT2D eigenvalue weighted by Crippen LogP contribution is 2.17. The van der Waals surface area contributed by atoms with E-state index in [-0.39, 0.29) is 5.92 Å². The van der Waals surface area contributed by atoms with Crippen molar-refractivity contribution in [2.45, 2.75) is 6.42 Å². The minimum atomic E-state index is -0.840. The molecule has 0 amide bonds. The van der Waals surface area contributed by atoms with Crippen molar-refractivity contribution in [3.63, 3.8) is 0 Å². The van der Waals surface area contributed by atoms with E-state index in [4.69, 9.17) is 5.73 Å². The number of hydrogen-bond donors (Lipinski definition) is 1. The Morgan fingerprint density at radius 3 is 2.71 bits per heavy atom. The van der Waals surface area contributed by atoms with Crippen molar-refractivity contribution in [3.8, 4) is 0 Å². The van der Waals surface area contributed by atoms with Crippen LogP contribution in [-0.2, 0) is 6.42 Å². The lowest BCUT2D eigenvalue weighted by Crippen LogP contribution is -1.99. The first kappa shape index (κ1) is 14.9. The number of rotatable bonds is 5. The summed E-state index contributed by atoms with van der Waals surface area (Å²) in [5.74, 6) is -1.23. The monoisotopic (exact) mass is 286 g/mol.